The molecule has 2 fully saturated rings. The average Bonchev–Trinajstić information content (AvgIpc) is 3.12. The summed E-state index contributed by atoms with van der Waals surface area (Å²) in [7, 11) is 0. The van der Waals surface area contributed by atoms with Gasteiger partial charge in [0.2, 0.25) is 0 Å². The summed E-state index contributed by atoms with van der Waals surface area (Å²) < 4.78 is 0. The molecule has 0 radical (unpaired) electrons. The second-order valence-electron chi connectivity index (χ2n) is 7.29. The van der Waals surface area contributed by atoms with Crippen LogP contribution < -0.4 is 0 Å². The Morgan fingerprint density at radius 2 is 2.19 bits per heavy atom. The van der Waals surface area contributed by atoms with Gasteiger partial charge in [0, 0.05) is 37.9 Å². The van der Waals surface area contributed by atoms with Crippen LogP contribution in [0.1, 0.15) is 44.7 Å². The van der Waals surface area contributed by atoms with Gasteiger partial charge in [-0.1, -0.05) is 11.6 Å². The largest absolute Gasteiger partial charge is 0.465 e. The van der Waals surface area contributed by atoms with Crippen molar-refractivity contribution in [3.63, 3.8) is 0 Å². The van der Waals surface area contributed by atoms with E-state index in [1.54, 1.807) is 17.2 Å². The molecule has 1 aliphatic carbocycles. The summed E-state index contributed by atoms with van der Waals surface area (Å²) in [6.45, 7) is 4.14. The Morgan fingerprint density at radius 3 is 2.73 bits per heavy atom. The van der Waals surface area contributed by atoms with Gasteiger partial charge in [0.25, 0.3) is 0 Å². The summed E-state index contributed by atoms with van der Waals surface area (Å²) in [5, 5.41) is 19.7. The third-order valence-electron chi connectivity index (χ3n) is 5.98. The third-order valence-corrected chi connectivity index (χ3v) is 6.20. The molecule has 2 heterocycles. The molecule has 1 amide bonds. The Balaban J connectivity index is 1.62. The highest BCUT2D eigenvalue weighted by atomic mass is 35.5. The van der Waals surface area contributed by atoms with Crippen molar-refractivity contribution in [2.75, 3.05) is 19.6 Å². The van der Waals surface area contributed by atoms with Crippen molar-refractivity contribution in [3.8, 4) is 6.07 Å². The quantitative estimate of drug-likeness (QED) is 0.869. The molecule has 7 heteroatoms. The molecular weight excluding hydrogens is 352 g/mol. The predicted molar refractivity (Wildman–Crippen MR) is 99.2 cm³/mol. The lowest BCUT2D eigenvalue weighted by Gasteiger charge is -2.38. The first-order valence-electron chi connectivity index (χ1n) is 9.26. The third kappa shape index (κ3) is 3.65. The Hall–Kier alpha value is -1.84. The molecule has 6 nitrogen and oxygen atoms in total. The molecule has 1 atom stereocenters. The minimum absolute atomic E-state index is 0.0816. The van der Waals surface area contributed by atoms with Crippen molar-refractivity contribution < 1.29 is 9.90 Å². The fourth-order valence-electron chi connectivity index (χ4n) is 4.45. The molecule has 1 aliphatic heterocycles. The highest BCUT2D eigenvalue weighted by molar-refractivity contribution is 6.30. The Kier molecular flexibility index (Phi) is 5.69. The summed E-state index contributed by atoms with van der Waals surface area (Å²) in [5.41, 5.74) is 0.279. The number of amides is 1. The minimum atomic E-state index is -0.833. The number of pyridine rings is 1. The van der Waals surface area contributed by atoms with E-state index in [0.29, 0.717) is 17.6 Å². The van der Waals surface area contributed by atoms with Crippen LogP contribution in [0.15, 0.2) is 18.3 Å². The predicted octanol–water partition coefficient (Wildman–Crippen LogP) is 3.51. The van der Waals surface area contributed by atoms with Crippen molar-refractivity contribution >= 4 is 17.7 Å². The molecule has 2 aliphatic rings. The van der Waals surface area contributed by atoms with E-state index in [2.05, 4.69) is 16.0 Å². The molecule has 1 aromatic rings. The number of hydrogen-bond acceptors (Lipinski definition) is 4. The van der Waals surface area contributed by atoms with Gasteiger partial charge in [-0.15, -0.1) is 0 Å². The van der Waals surface area contributed by atoms with Crippen LogP contribution in [0.5, 0.6) is 0 Å². The van der Waals surface area contributed by atoms with Gasteiger partial charge >= 0.3 is 6.09 Å². The van der Waals surface area contributed by atoms with Crippen molar-refractivity contribution in [2.45, 2.75) is 56.5 Å². The fraction of sp³-hybridized carbons (Fsp3) is 0.632. The summed E-state index contributed by atoms with van der Waals surface area (Å²) in [6, 6.07) is 6.67. The van der Waals surface area contributed by atoms with Crippen LogP contribution in [0.4, 0.5) is 4.79 Å². The van der Waals surface area contributed by atoms with Gasteiger partial charge in [-0.05, 0) is 51.2 Å². The molecule has 1 N–H and O–H groups in total. The number of likely N-dealkylation sites (tertiary alicyclic amines) is 1. The van der Waals surface area contributed by atoms with E-state index in [0.717, 1.165) is 50.9 Å². The Labute approximate surface area is 159 Å². The van der Waals surface area contributed by atoms with Crippen molar-refractivity contribution in [2.24, 2.45) is 0 Å². The summed E-state index contributed by atoms with van der Waals surface area (Å²) >= 11 is 5.92. The van der Waals surface area contributed by atoms with Gasteiger partial charge in [0.15, 0.2) is 0 Å². The van der Waals surface area contributed by atoms with E-state index in [-0.39, 0.29) is 6.04 Å². The zero-order chi connectivity index (χ0) is 18.7. The number of nitrogens with zero attached hydrogens (tertiary/aromatic N) is 4. The number of nitriles is 1. The number of likely N-dealkylation sites (N-methyl/N-ethyl adjacent to an activating group) is 1. The van der Waals surface area contributed by atoms with E-state index in [9.17, 15) is 15.2 Å². The molecule has 3 rings (SSSR count). The zero-order valence-corrected chi connectivity index (χ0v) is 15.8. The number of carbonyl (C=O) groups is 1. The van der Waals surface area contributed by atoms with Crippen LogP contribution in [0.3, 0.4) is 0 Å². The molecule has 0 aromatic carbocycles. The van der Waals surface area contributed by atoms with E-state index < -0.39 is 11.5 Å². The van der Waals surface area contributed by atoms with E-state index in [1.165, 1.54) is 0 Å². The molecule has 140 valence electrons. The topological polar surface area (TPSA) is 80.5 Å². The molecule has 26 heavy (non-hydrogen) atoms. The molecule has 1 saturated carbocycles. The number of halogens is 1. The maximum absolute atomic E-state index is 11.4. The minimum Gasteiger partial charge on any atom is -0.465 e. The fourth-order valence-corrected chi connectivity index (χ4v) is 4.56. The lowest BCUT2D eigenvalue weighted by molar-refractivity contribution is 0.118. The number of carboxylic acid groups (broad SMARTS) is 1. The normalized spacial score (nSPS) is 29.3. The SMILES string of the molecule is CCN(C(=O)O)[C@@H]1CCN(C2CCC(C#N)(c3ccc(Cl)cn3)CC2)C1. The maximum atomic E-state index is 11.4. The zero-order valence-electron chi connectivity index (χ0n) is 15.1. The van der Waals surface area contributed by atoms with E-state index in [1.807, 2.05) is 13.0 Å². The lowest BCUT2D eigenvalue weighted by Crippen LogP contribution is -2.44. The molecule has 1 saturated heterocycles. The highest BCUT2D eigenvalue weighted by Gasteiger charge is 2.41. The van der Waals surface area contributed by atoms with Gasteiger partial charge in [0.05, 0.1) is 22.2 Å². The number of rotatable bonds is 4. The van der Waals surface area contributed by atoms with Crippen LogP contribution in [-0.2, 0) is 5.41 Å². The molecule has 0 bridgehead atoms. The Bertz CT molecular complexity index is 680. The molecule has 0 unspecified atom stereocenters. The monoisotopic (exact) mass is 376 g/mol. The smallest absolute Gasteiger partial charge is 0.407 e. The first kappa shape index (κ1) is 18.9. The standard InChI is InChI=1S/C19H25ClN4O2/c1-2-24(18(25)26)16-7-10-23(12-16)15-5-8-19(13-21,9-6-15)17-4-3-14(20)11-22-17/h3-4,11,15-16H,2,5-10,12H2,1H3,(H,25,26)/t15?,16-,19?/m1/s1. The van der Waals surface area contributed by atoms with Gasteiger partial charge in [-0.25, -0.2) is 4.79 Å². The van der Waals surface area contributed by atoms with Gasteiger partial charge in [-0.2, -0.15) is 5.26 Å². The maximum Gasteiger partial charge on any atom is 0.407 e. The summed E-state index contributed by atoms with van der Waals surface area (Å²) in [6.07, 6.45) is 5.09. The average molecular weight is 377 g/mol. The lowest BCUT2D eigenvalue weighted by atomic mass is 9.71. The second kappa shape index (κ2) is 7.81. The first-order valence-corrected chi connectivity index (χ1v) is 9.64. The van der Waals surface area contributed by atoms with Crippen LogP contribution >= 0.6 is 11.6 Å². The van der Waals surface area contributed by atoms with Gasteiger partial charge in [0.1, 0.15) is 0 Å². The second-order valence-corrected chi connectivity index (χ2v) is 7.73. The van der Waals surface area contributed by atoms with Crippen LogP contribution in [-0.4, -0.2) is 57.7 Å². The van der Waals surface area contributed by atoms with Crippen LogP contribution in [0.2, 0.25) is 5.02 Å². The number of aromatic nitrogens is 1. The first-order chi connectivity index (χ1) is 12.5. The van der Waals surface area contributed by atoms with Crippen LogP contribution in [0, 0.1) is 11.3 Å². The highest BCUT2D eigenvalue weighted by Crippen LogP contribution is 2.40. The van der Waals surface area contributed by atoms with E-state index >= 15 is 0 Å². The van der Waals surface area contributed by atoms with E-state index in [4.69, 9.17) is 11.6 Å². The van der Waals surface area contributed by atoms with Gasteiger partial charge < -0.3 is 10.0 Å². The van der Waals surface area contributed by atoms with Crippen molar-refractivity contribution in [1.82, 2.24) is 14.8 Å². The van der Waals surface area contributed by atoms with Crippen LogP contribution in [0.25, 0.3) is 0 Å². The van der Waals surface area contributed by atoms with Gasteiger partial charge in [-0.3, -0.25) is 9.88 Å². The van der Waals surface area contributed by atoms with Crippen molar-refractivity contribution in [3.05, 3.63) is 29.0 Å². The summed E-state index contributed by atoms with van der Waals surface area (Å²) in [5.74, 6) is 0. The number of hydrogen-bond donors (Lipinski definition) is 1. The van der Waals surface area contributed by atoms with Crippen molar-refractivity contribution in [1.29, 1.82) is 5.26 Å². The molecule has 0 spiro atoms. The summed E-state index contributed by atoms with van der Waals surface area (Å²) in [4.78, 5) is 19.7. The Morgan fingerprint density at radius 1 is 1.46 bits per heavy atom. The molecule has 1 aromatic heterocycles. The molecular formula is C19H25ClN4O2.